The summed E-state index contributed by atoms with van der Waals surface area (Å²) in [6.45, 7) is 0. The Hall–Kier alpha value is -4.64. The van der Waals surface area contributed by atoms with Crippen LogP contribution in [0.15, 0.2) is 121 Å². The van der Waals surface area contributed by atoms with Gasteiger partial charge in [0.1, 0.15) is 0 Å². The zero-order valence-corrected chi connectivity index (χ0v) is 31.3. The molecule has 312 valence electrons. The van der Waals surface area contributed by atoms with Crippen molar-refractivity contribution in [2.45, 2.75) is 24.7 Å². The van der Waals surface area contributed by atoms with Crippen molar-refractivity contribution in [3.8, 4) is 28.7 Å². The van der Waals surface area contributed by atoms with Gasteiger partial charge in [0.25, 0.3) is 0 Å². The summed E-state index contributed by atoms with van der Waals surface area (Å²) >= 11 is 0. The molecule has 0 spiro atoms. The molecule has 24 heteroatoms. The van der Waals surface area contributed by atoms with Gasteiger partial charge in [-0.1, -0.05) is 0 Å². The van der Waals surface area contributed by atoms with Gasteiger partial charge in [-0.05, 0) is 0 Å². The molecule has 6 rings (SSSR count). The zero-order chi connectivity index (χ0) is 42.1. The van der Waals surface area contributed by atoms with E-state index in [1.165, 1.54) is 0 Å². The van der Waals surface area contributed by atoms with Crippen molar-refractivity contribution < 1.29 is 79.7 Å². The normalized spacial score (nSPS) is 18.1. The van der Waals surface area contributed by atoms with Crippen molar-refractivity contribution in [3.63, 3.8) is 0 Å². The monoisotopic (exact) mass is 895 g/mol. The fraction of sp³-hybridized carbons (Fsp3) is 0.118. The van der Waals surface area contributed by atoms with E-state index < -0.39 is 100 Å². The summed E-state index contributed by atoms with van der Waals surface area (Å²) in [5, 5.41) is 0. The summed E-state index contributed by atoms with van der Waals surface area (Å²) in [5.41, 5.74) is -5.07. The molecule has 0 aliphatic carbocycles. The van der Waals surface area contributed by atoms with Gasteiger partial charge in [0.05, 0.1) is 0 Å². The number of hydrogen-bond donors (Lipinski definition) is 3. The number of hydrogen-bond acceptors (Lipinski definition) is 8. The second-order valence-corrected chi connectivity index (χ2v) is 18.8. The molecule has 8 nitrogen and oxygen atoms in total. The quantitative estimate of drug-likeness (QED) is 0.0945. The molecular weight excluding hydrogens is 870 g/mol. The number of rotatable bonds is 10. The minimum absolute atomic E-state index is 0.156. The molecule has 1 saturated heterocycles. The molecule has 1 fully saturated rings. The second-order valence-electron chi connectivity index (χ2n) is 11.9. The van der Waals surface area contributed by atoms with E-state index in [1.54, 1.807) is 0 Å². The van der Waals surface area contributed by atoms with Crippen molar-refractivity contribution in [1.29, 1.82) is 0 Å². The van der Waals surface area contributed by atoms with Crippen molar-refractivity contribution in [3.05, 3.63) is 149 Å². The van der Waals surface area contributed by atoms with E-state index >= 15 is 0 Å². The fourth-order valence-electron chi connectivity index (χ4n) is 5.06. The van der Waals surface area contributed by atoms with Crippen LogP contribution in [0.2, 0.25) is 0 Å². The Labute approximate surface area is 321 Å². The second kappa shape index (κ2) is 16.2. The standard InChI is InChI=1S/C34H25F13N3O5P3/c35-25-13-15-26(16-14-25)51-56-48-57(52-27-9-1-5-21(17-27)31(36,37)38,53-28-10-2-6-22(18-28)32(39,40)41)50-58(49-56,54-29-11-3-7-23(19-29)33(42,43)44)55-30-12-4-8-24(20-30)34(45,46)47/h1-20,48-50,57-58H. The first kappa shape index (κ1) is 43.0. The third-order valence-electron chi connectivity index (χ3n) is 7.53. The molecule has 0 radical (unpaired) electrons. The topological polar surface area (TPSA) is 82.2 Å². The van der Waals surface area contributed by atoms with Crippen LogP contribution in [0.1, 0.15) is 22.3 Å². The molecule has 1 heterocycles. The van der Waals surface area contributed by atoms with Gasteiger partial charge >= 0.3 is 322 Å². The Morgan fingerprint density at radius 2 is 0.690 bits per heavy atom. The van der Waals surface area contributed by atoms with Crippen LogP contribution in [0.3, 0.4) is 0 Å². The van der Waals surface area contributed by atoms with Crippen molar-refractivity contribution in [2.75, 3.05) is 0 Å². The molecule has 0 amide bonds. The Balaban J connectivity index is 1.57. The van der Waals surface area contributed by atoms with Gasteiger partial charge < -0.3 is 0 Å². The molecule has 5 aromatic rings. The molecular formula is C34H25F13N3O5P3. The fourth-order valence-corrected chi connectivity index (χ4v) is 15.3. The van der Waals surface area contributed by atoms with E-state index in [2.05, 4.69) is 14.6 Å². The first-order chi connectivity index (χ1) is 27.0. The summed E-state index contributed by atoms with van der Waals surface area (Å²) in [6, 6.07) is 16.3. The Morgan fingerprint density at radius 3 is 0.966 bits per heavy atom. The number of nitrogens with one attached hydrogen (secondary N) is 3. The van der Waals surface area contributed by atoms with Gasteiger partial charge in [-0.15, -0.1) is 0 Å². The third-order valence-corrected chi connectivity index (χ3v) is 16.6. The number of halogens is 13. The molecule has 58 heavy (non-hydrogen) atoms. The molecule has 3 N–H and O–H groups in total. The molecule has 0 atom stereocenters. The molecule has 0 unspecified atom stereocenters. The first-order valence-corrected chi connectivity index (χ1v) is 20.9. The van der Waals surface area contributed by atoms with Crippen LogP contribution in [0.5, 0.6) is 28.7 Å². The maximum absolute atomic E-state index is 13.9. The predicted molar refractivity (Wildman–Crippen MR) is 188 cm³/mol. The van der Waals surface area contributed by atoms with Crippen LogP contribution in [0.25, 0.3) is 0 Å². The van der Waals surface area contributed by atoms with E-state index in [-0.39, 0.29) is 5.75 Å². The van der Waals surface area contributed by atoms with Crippen LogP contribution in [-0.2, 0) is 24.7 Å². The third kappa shape index (κ3) is 10.9. The number of benzene rings is 5. The Morgan fingerprint density at radius 1 is 0.397 bits per heavy atom. The average molecular weight is 895 g/mol. The average Bonchev–Trinajstić information content (AvgIpc) is 3.11. The Kier molecular flexibility index (Phi) is 12.0. The van der Waals surface area contributed by atoms with Crippen LogP contribution in [0.4, 0.5) is 57.1 Å². The first-order valence-electron chi connectivity index (χ1n) is 16.0. The van der Waals surface area contributed by atoms with E-state index in [9.17, 15) is 57.1 Å². The van der Waals surface area contributed by atoms with Crippen LogP contribution >= 0.6 is 24.5 Å². The molecule has 0 bridgehead atoms. The van der Waals surface area contributed by atoms with Crippen LogP contribution in [-0.4, -0.2) is 0 Å². The van der Waals surface area contributed by atoms with E-state index in [0.717, 1.165) is 72.8 Å². The van der Waals surface area contributed by atoms with Crippen molar-refractivity contribution in [1.82, 2.24) is 14.6 Å². The molecule has 1 aliphatic heterocycles. The van der Waals surface area contributed by atoms with Gasteiger partial charge in [0, 0.05) is 0 Å². The minimum atomic E-state index is -5.20. The van der Waals surface area contributed by atoms with Gasteiger partial charge in [0.2, 0.25) is 0 Å². The summed E-state index contributed by atoms with van der Waals surface area (Å²) in [5.74, 6) is -3.47. The zero-order valence-electron chi connectivity index (χ0n) is 28.4. The maximum atomic E-state index is 13.9. The summed E-state index contributed by atoms with van der Waals surface area (Å²) in [7, 11) is -13.2. The van der Waals surface area contributed by atoms with E-state index in [0.29, 0.717) is 48.5 Å². The summed E-state index contributed by atoms with van der Waals surface area (Å²) in [6.07, 6.45) is -19.8. The summed E-state index contributed by atoms with van der Waals surface area (Å²) in [4.78, 5) is 8.08. The Bertz CT molecular complexity index is 1980. The molecule has 0 saturated carbocycles. The van der Waals surface area contributed by atoms with Crippen molar-refractivity contribution >= 4 is 24.5 Å². The van der Waals surface area contributed by atoms with Gasteiger partial charge in [-0.3, -0.25) is 0 Å². The van der Waals surface area contributed by atoms with Gasteiger partial charge in [-0.2, -0.15) is 0 Å². The van der Waals surface area contributed by atoms with E-state index in [1.807, 2.05) is 0 Å². The van der Waals surface area contributed by atoms with Crippen LogP contribution < -0.4 is 37.2 Å². The van der Waals surface area contributed by atoms with Crippen molar-refractivity contribution in [2.24, 2.45) is 0 Å². The molecule has 5 aromatic carbocycles. The molecule has 1 aliphatic rings. The predicted octanol–water partition coefficient (Wildman–Crippen LogP) is 12.4. The number of alkyl halides is 12. The van der Waals surface area contributed by atoms with Gasteiger partial charge in [0.15, 0.2) is 0 Å². The van der Waals surface area contributed by atoms with E-state index in [4.69, 9.17) is 22.6 Å². The van der Waals surface area contributed by atoms with Crippen LogP contribution in [0, 0.1) is 5.82 Å². The SMILES string of the molecule is Fc1ccc(OP2N[PH](Oc3cccc(C(F)(F)F)c3)(Oc3cccc(C(F)(F)F)c3)N[PH](Oc3cccc(C(F)(F)F)c3)(Oc3cccc(C(F)(F)F)c3)N2)cc1. The summed E-state index contributed by atoms with van der Waals surface area (Å²) < 4.78 is 210. The van der Waals surface area contributed by atoms with Gasteiger partial charge in [-0.25, -0.2) is 0 Å². The molecule has 0 aromatic heterocycles.